The van der Waals surface area contributed by atoms with Crippen LogP contribution in [0.3, 0.4) is 0 Å². The number of nitrogens with zero attached hydrogens (tertiary/aromatic N) is 2. The predicted octanol–water partition coefficient (Wildman–Crippen LogP) is 0.961. The third-order valence-corrected chi connectivity index (χ3v) is 4.13. The van der Waals surface area contributed by atoms with E-state index in [2.05, 4.69) is 20.0 Å². The summed E-state index contributed by atoms with van der Waals surface area (Å²) < 4.78 is 25.2. The molecule has 0 amide bonds. The lowest BCUT2D eigenvalue weighted by molar-refractivity contribution is 0.589. The Morgan fingerprint density at radius 3 is 2.83 bits per heavy atom. The van der Waals surface area contributed by atoms with E-state index in [1.807, 2.05) is 12.3 Å². The first-order chi connectivity index (χ1) is 8.47. The first-order valence-electron chi connectivity index (χ1n) is 5.34. The molecule has 2 heterocycles. The number of hydrogen-bond donors (Lipinski definition) is 2. The molecule has 0 unspecified atom stereocenters. The molecule has 0 aliphatic heterocycles. The Morgan fingerprint density at radius 2 is 2.11 bits per heavy atom. The summed E-state index contributed by atoms with van der Waals surface area (Å²) in [5, 5.41) is 5.13. The lowest BCUT2D eigenvalue weighted by Gasteiger charge is -2.06. The van der Waals surface area contributed by atoms with E-state index < -0.39 is 10.0 Å². The van der Waals surface area contributed by atoms with Gasteiger partial charge >= 0.3 is 0 Å². The van der Waals surface area contributed by atoms with Crippen LogP contribution in [0.2, 0.25) is 0 Å². The van der Waals surface area contributed by atoms with E-state index in [4.69, 9.17) is 0 Å². The molecule has 0 aliphatic carbocycles. The smallest absolute Gasteiger partial charge is 0.208 e. The number of aromatic nitrogens is 2. The van der Waals surface area contributed by atoms with E-state index in [0.717, 1.165) is 27.9 Å². The molecule has 2 aromatic rings. The van der Waals surface area contributed by atoms with E-state index >= 15 is 0 Å². The molecule has 0 atom stereocenters. The van der Waals surface area contributed by atoms with Crippen LogP contribution in [-0.4, -0.2) is 37.7 Å². The van der Waals surface area contributed by atoms with Crippen molar-refractivity contribution in [2.45, 2.75) is 6.92 Å². The van der Waals surface area contributed by atoms with Crippen LogP contribution in [0.4, 0.5) is 5.82 Å². The zero-order valence-electron chi connectivity index (χ0n) is 10.1. The van der Waals surface area contributed by atoms with Crippen molar-refractivity contribution in [1.29, 1.82) is 0 Å². The zero-order chi connectivity index (χ0) is 13.2. The highest BCUT2D eigenvalue weighted by Gasteiger charge is 2.07. The quantitative estimate of drug-likeness (QED) is 0.800. The maximum absolute atomic E-state index is 10.9. The van der Waals surface area contributed by atoms with Crippen molar-refractivity contribution < 1.29 is 8.42 Å². The molecule has 0 spiro atoms. The van der Waals surface area contributed by atoms with Gasteiger partial charge in [0.05, 0.1) is 16.5 Å². The van der Waals surface area contributed by atoms with Crippen molar-refractivity contribution in [3.8, 4) is 0 Å². The Hall–Kier alpha value is -1.25. The second kappa shape index (κ2) is 5.17. The summed E-state index contributed by atoms with van der Waals surface area (Å²) in [4.78, 5) is 8.38. The maximum Gasteiger partial charge on any atom is 0.208 e. The van der Waals surface area contributed by atoms with Crippen molar-refractivity contribution in [1.82, 2.24) is 14.7 Å². The van der Waals surface area contributed by atoms with Gasteiger partial charge in [0.25, 0.3) is 0 Å². The van der Waals surface area contributed by atoms with Gasteiger partial charge in [0.15, 0.2) is 0 Å². The van der Waals surface area contributed by atoms with Gasteiger partial charge in [-0.2, -0.15) is 0 Å². The molecule has 6 nitrogen and oxygen atoms in total. The summed E-state index contributed by atoms with van der Waals surface area (Å²) in [7, 11) is -3.14. The third kappa shape index (κ3) is 3.15. The first-order valence-corrected chi connectivity index (χ1v) is 8.12. The highest BCUT2D eigenvalue weighted by atomic mass is 32.2. The Morgan fingerprint density at radius 1 is 1.33 bits per heavy atom. The molecule has 0 fully saturated rings. The van der Waals surface area contributed by atoms with Gasteiger partial charge in [0.2, 0.25) is 10.0 Å². The van der Waals surface area contributed by atoms with Crippen LogP contribution >= 0.6 is 11.3 Å². The summed E-state index contributed by atoms with van der Waals surface area (Å²) >= 11 is 1.58. The number of rotatable bonds is 5. The van der Waals surface area contributed by atoms with Gasteiger partial charge in [-0.05, 0) is 17.9 Å². The van der Waals surface area contributed by atoms with Crippen LogP contribution < -0.4 is 10.0 Å². The molecule has 98 valence electrons. The monoisotopic (exact) mass is 286 g/mol. The molecule has 2 aromatic heterocycles. The molecule has 0 saturated heterocycles. The summed E-state index contributed by atoms with van der Waals surface area (Å²) in [6, 6.07) is 0. The second-order valence-electron chi connectivity index (χ2n) is 3.91. The molecule has 0 aliphatic rings. The van der Waals surface area contributed by atoms with E-state index in [0.29, 0.717) is 13.1 Å². The molecule has 8 heteroatoms. The SMILES string of the molecule is Cc1csc2c(NCCNS(C)(=O)=O)ncnc12. The molecule has 2 N–H and O–H groups in total. The first kappa shape index (κ1) is 13.2. The number of anilines is 1. The average Bonchev–Trinajstić information content (AvgIpc) is 2.67. The van der Waals surface area contributed by atoms with E-state index in [-0.39, 0.29) is 0 Å². The minimum absolute atomic E-state index is 0.328. The average molecular weight is 286 g/mol. The van der Waals surface area contributed by atoms with Crippen LogP contribution in [0.1, 0.15) is 5.56 Å². The van der Waals surface area contributed by atoms with Gasteiger partial charge in [0.1, 0.15) is 12.1 Å². The van der Waals surface area contributed by atoms with Gasteiger partial charge in [-0.15, -0.1) is 11.3 Å². The lowest BCUT2D eigenvalue weighted by atomic mass is 10.3. The van der Waals surface area contributed by atoms with E-state index in [9.17, 15) is 8.42 Å². The molecule has 18 heavy (non-hydrogen) atoms. The number of sulfonamides is 1. The molecule has 0 bridgehead atoms. The lowest BCUT2D eigenvalue weighted by Crippen LogP contribution is -2.27. The largest absolute Gasteiger partial charge is 0.367 e. The highest BCUT2D eigenvalue weighted by Crippen LogP contribution is 2.28. The second-order valence-corrected chi connectivity index (χ2v) is 6.62. The fourth-order valence-electron chi connectivity index (χ4n) is 1.51. The Balaban J connectivity index is 2.04. The van der Waals surface area contributed by atoms with Gasteiger partial charge < -0.3 is 5.32 Å². The Bertz CT molecular complexity index is 651. The minimum atomic E-state index is -3.14. The molecule has 0 aromatic carbocycles. The van der Waals surface area contributed by atoms with Crippen LogP contribution in [0.5, 0.6) is 0 Å². The maximum atomic E-state index is 10.9. The normalized spacial score (nSPS) is 11.9. The van der Waals surface area contributed by atoms with Crippen molar-refractivity contribution >= 4 is 37.4 Å². The summed E-state index contributed by atoms with van der Waals surface area (Å²) in [5.41, 5.74) is 2.06. The van der Waals surface area contributed by atoms with Gasteiger partial charge in [-0.3, -0.25) is 0 Å². The number of thiophene rings is 1. The topological polar surface area (TPSA) is 84.0 Å². The van der Waals surface area contributed by atoms with Crippen molar-refractivity contribution in [3.63, 3.8) is 0 Å². The molecule has 2 rings (SSSR count). The summed E-state index contributed by atoms with van der Waals surface area (Å²) in [6.45, 7) is 2.81. The van der Waals surface area contributed by atoms with Gasteiger partial charge in [-0.1, -0.05) is 0 Å². The number of hydrogen-bond acceptors (Lipinski definition) is 6. The zero-order valence-corrected chi connectivity index (χ0v) is 11.7. The van der Waals surface area contributed by atoms with E-state index in [1.165, 1.54) is 6.33 Å². The Kier molecular flexibility index (Phi) is 3.79. The van der Waals surface area contributed by atoms with Crippen LogP contribution in [0, 0.1) is 6.92 Å². The molecule has 0 saturated carbocycles. The number of aryl methyl sites for hydroxylation is 1. The Labute approximate surface area is 110 Å². The van der Waals surface area contributed by atoms with Gasteiger partial charge in [-0.25, -0.2) is 23.1 Å². The predicted molar refractivity (Wildman–Crippen MR) is 73.5 cm³/mol. The number of fused-ring (bicyclic) bond motifs is 1. The fourth-order valence-corrected chi connectivity index (χ4v) is 2.95. The van der Waals surface area contributed by atoms with Crippen LogP contribution in [-0.2, 0) is 10.0 Å². The standard InChI is InChI=1S/C10H14N4O2S2/c1-7-5-17-9-8(7)12-6-13-10(9)11-3-4-14-18(2,15)16/h5-6,14H,3-4H2,1-2H3,(H,11,12,13). The van der Waals surface area contributed by atoms with Crippen LogP contribution in [0.25, 0.3) is 10.2 Å². The van der Waals surface area contributed by atoms with Crippen molar-refractivity contribution in [2.75, 3.05) is 24.7 Å². The van der Waals surface area contributed by atoms with Crippen molar-refractivity contribution in [2.24, 2.45) is 0 Å². The minimum Gasteiger partial charge on any atom is -0.367 e. The molecular weight excluding hydrogens is 272 g/mol. The third-order valence-electron chi connectivity index (χ3n) is 2.31. The fraction of sp³-hybridized carbons (Fsp3) is 0.400. The number of nitrogens with one attached hydrogen (secondary N) is 2. The summed E-state index contributed by atoms with van der Waals surface area (Å²) in [6.07, 6.45) is 2.65. The summed E-state index contributed by atoms with van der Waals surface area (Å²) in [5.74, 6) is 0.744. The highest BCUT2D eigenvalue weighted by molar-refractivity contribution is 7.88. The van der Waals surface area contributed by atoms with Crippen molar-refractivity contribution in [3.05, 3.63) is 17.3 Å². The van der Waals surface area contributed by atoms with Crippen LogP contribution in [0.15, 0.2) is 11.7 Å². The van der Waals surface area contributed by atoms with Gasteiger partial charge in [0, 0.05) is 13.1 Å². The molecular formula is C10H14N4O2S2. The molecule has 0 radical (unpaired) electrons. The van der Waals surface area contributed by atoms with E-state index in [1.54, 1.807) is 11.3 Å².